The molecule has 162 valence electrons. The van der Waals surface area contributed by atoms with Gasteiger partial charge in [0.15, 0.2) is 6.10 Å². The number of amides is 1. The van der Waals surface area contributed by atoms with Crippen molar-refractivity contribution in [2.45, 2.75) is 45.3 Å². The zero-order valence-electron chi connectivity index (χ0n) is 18.0. The molecule has 6 heteroatoms. The highest BCUT2D eigenvalue weighted by molar-refractivity contribution is 6.01. The fourth-order valence-corrected chi connectivity index (χ4v) is 3.50. The summed E-state index contributed by atoms with van der Waals surface area (Å²) in [5.41, 5.74) is 3.83. The molecule has 0 saturated carbocycles. The van der Waals surface area contributed by atoms with Crippen molar-refractivity contribution in [2.24, 2.45) is 0 Å². The molecule has 1 amide bonds. The molecule has 0 radical (unpaired) electrons. The number of methoxy groups -OCH3 is 1. The van der Waals surface area contributed by atoms with Gasteiger partial charge in [-0.3, -0.25) is 9.59 Å². The van der Waals surface area contributed by atoms with E-state index in [1.54, 1.807) is 38.3 Å². The van der Waals surface area contributed by atoms with Crippen LogP contribution in [0.5, 0.6) is 5.75 Å². The zero-order chi connectivity index (χ0) is 22.4. The normalized spacial score (nSPS) is 14.5. The molecule has 1 unspecified atom stereocenters. The Morgan fingerprint density at radius 3 is 2.42 bits per heavy atom. The minimum atomic E-state index is -0.929. The van der Waals surface area contributed by atoms with Crippen LogP contribution in [-0.4, -0.2) is 36.9 Å². The number of hydrogen-bond donors (Lipinski definition) is 1. The molecule has 2 aromatic carbocycles. The SMILES string of the molecule is COc1ccc(C=CC(=O)N[C@@H](C)C(=O)OC(C)C(=O)c2ccc3c(c2)CCC3)cc1. The van der Waals surface area contributed by atoms with Crippen LogP contribution in [0.25, 0.3) is 6.08 Å². The van der Waals surface area contributed by atoms with Crippen LogP contribution >= 0.6 is 0 Å². The van der Waals surface area contributed by atoms with E-state index in [0.29, 0.717) is 5.56 Å². The molecule has 0 saturated heterocycles. The van der Waals surface area contributed by atoms with E-state index in [2.05, 4.69) is 5.32 Å². The molecule has 0 bridgehead atoms. The topological polar surface area (TPSA) is 81.7 Å². The third-order valence-corrected chi connectivity index (χ3v) is 5.30. The van der Waals surface area contributed by atoms with Crippen molar-refractivity contribution in [3.63, 3.8) is 0 Å². The summed E-state index contributed by atoms with van der Waals surface area (Å²) >= 11 is 0. The second kappa shape index (κ2) is 10.1. The van der Waals surface area contributed by atoms with Crippen molar-refractivity contribution >= 4 is 23.7 Å². The predicted octanol–water partition coefficient (Wildman–Crippen LogP) is 3.52. The molecule has 1 aliphatic rings. The fraction of sp³-hybridized carbons (Fsp3) is 0.320. The monoisotopic (exact) mass is 421 g/mol. The summed E-state index contributed by atoms with van der Waals surface area (Å²) in [6.45, 7) is 3.07. The van der Waals surface area contributed by atoms with Crippen molar-refractivity contribution < 1.29 is 23.9 Å². The Labute approximate surface area is 182 Å². The molecule has 2 atom stereocenters. The summed E-state index contributed by atoms with van der Waals surface area (Å²) in [5.74, 6) is -0.617. The van der Waals surface area contributed by atoms with E-state index in [0.717, 1.165) is 30.6 Å². The largest absolute Gasteiger partial charge is 0.497 e. The Hall–Kier alpha value is -3.41. The van der Waals surface area contributed by atoms with Gasteiger partial charge in [-0.2, -0.15) is 0 Å². The van der Waals surface area contributed by atoms with E-state index in [4.69, 9.17) is 9.47 Å². The summed E-state index contributed by atoms with van der Waals surface area (Å²) in [6, 6.07) is 12.0. The molecule has 0 aromatic heterocycles. The van der Waals surface area contributed by atoms with Gasteiger partial charge in [-0.05, 0) is 74.1 Å². The van der Waals surface area contributed by atoms with Gasteiger partial charge >= 0.3 is 5.97 Å². The summed E-state index contributed by atoms with van der Waals surface area (Å²) in [6.07, 6.45) is 5.15. The number of hydrogen-bond acceptors (Lipinski definition) is 5. The molecule has 2 aromatic rings. The number of rotatable bonds is 8. The summed E-state index contributed by atoms with van der Waals surface area (Å²) in [4.78, 5) is 37.1. The Bertz CT molecular complexity index is 993. The molecule has 0 heterocycles. The van der Waals surface area contributed by atoms with E-state index >= 15 is 0 Å². The summed E-state index contributed by atoms with van der Waals surface area (Å²) in [7, 11) is 1.58. The lowest BCUT2D eigenvalue weighted by atomic mass is 10.0. The average molecular weight is 421 g/mol. The van der Waals surface area contributed by atoms with Gasteiger partial charge in [-0.1, -0.05) is 24.3 Å². The van der Waals surface area contributed by atoms with Crippen LogP contribution in [0, 0.1) is 0 Å². The Kier molecular flexibility index (Phi) is 7.23. The van der Waals surface area contributed by atoms with E-state index in [9.17, 15) is 14.4 Å². The average Bonchev–Trinajstić information content (AvgIpc) is 3.25. The fourth-order valence-electron chi connectivity index (χ4n) is 3.50. The predicted molar refractivity (Wildman–Crippen MR) is 118 cm³/mol. The van der Waals surface area contributed by atoms with Crippen molar-refractivity contribution in [1.82, 2.24) is 5.32 Å². The zero-order valence-corrected chi connectivity index (χ0v) is 18.0. The van der Waals surface area contributed by atoms with E-state index < -0.39 is 24.0 Å². The number of carbonyl (C=O) groups is 3. The van der Waals surface area contributed by atoms with Crippen molar-refractivity contribution in [3.05, 3.63) is 70.8 Å². The van der Waals surface area contributed by atoms with Gasteiger partial charge in [0.05, 0.1) is 7.11 Å². The molecule has 0 fully saturated rings. The van der Waals surface area contributed by atoms with Crippen LogP contribution in [0.3, 0.4) is 0 Å². The number of aryl methyl sites for hydroxylation is 2. The Morgan fingerprint density at radius 1 is 1.00 bits per heavy atom. The molecule has 1 aliphatic carbocycles. The second-order valence-electron chi connectivity index (χ2n) is 7.62. The van der Waals surface area contributed by atoms with E-state index in [1.165, 1.54) is 24.1 Å². The minimum Gasteiger partial charge on any atom is -0.497 e. The number of fused-ring (bicyclic) bond motifs is 1. The van der Waals surface area contributed by atoms with Crippen LogP contribution in [0.4, 0.5) is 0 Å². The van der Waals surface area contributed by atoms with Crippen molar-refractivity contribution in [2.75, 3.05) is 7.11 Å². The first-order chi connectivity index (χ1) is 14.9. The second-order valence-corrected chi connectivity index (χ2v) is 7.62. The van der Waals surface area contributed by atoms with Crippen LogP contribution in [0.2, 0.25) is 0 Å². The highest BCUT2D eigenvalue weighted by Gasteiger charge is 2.24. The number of nitrogens with one attached hydrogen (secondary N) is 1. The molecule has 6 nitrogen and oxygen atoms in total. The van der Waals surface area contributed by atoms with Crippen LogP contribution in [0.1, 0.15) is 47.3 Å². The van der Waals surface area contributed by atoms with Gasteiger partial charge in [-0.15, -0.1) is 0 Å². The number of ketones is 1. The maximum absolute atomic E-state index is 12.6. The van der Waals surface area contributed by atoms with Gasteiger partial charge in [0.1, 0.15) is 11.8 Å². The third kappa shape index (κ3) is 5.81. The van der Waals surface area contributed by atoms with Crippen molar-refractivity contribution in [1.29, 1.82) is 0 Å². The summed E-state index contributed by atoms with van der Waals surface area (Å²) in [5, 5.41) is 2.55. The van der Waals surface area contributed by atoms with Gasteiger partial charge in [-0.25, -0.2) is 4.79 Å². The minimum absolute atomic E-state index is 0.249. The van der Waals surface area contributed by atoms with Gasteiger partial charge < -0.3 is 14.8 Å². The molecule has 1 N–H and O–H groups in total. The maximum Gasteiger partial charge on any atom is 0.329 e. The van der Waals surface area contributed by atoms with Crippen molar-refractivity contribution in [3.8, 4) is 5.75 Å². The van der Waals surface area contributed by atoms with E-state index in [-0.39, 0.29) is 5.78 Å². The lowest BCUT2D eigenvalue weighted by molar-refractivity contribution is -0.149. The quantitative estimate of drug-likeness (QED) is 0.401. The maximum atomic E-state index is 12.6. The number of carbonyl (C=O) groups excluding carboxylic acids is 3. The van der Waals surface area contributed by atoms with Gasteiger partial charge in [0.2, 0.25) is 11.7 Å². The lowest BCUT2D eigenvalue weighted by Crippen LogP contribution is -2.41. The first-order valence-corrected chi connectivity index (χ1v) is 10.4. The molecular formula is C25H27NO5. The van der Waals surface area contributed by atoms with E-state index in [1.807, 2.05) is 24.3 Å². The van der Waals surface area contributed by atoms with Crippen LogP contribution in [0.15, 0.2) is 48.5 Å². The number of benzene rings is 2. The first-order valence-electron chi connectivity index (χ1n) is 10.4. The van der Waals surface area contributed by atoms with Gasteiger partial charge in [0, 0.05) is 11.6 Å². The highest BCUT2D eigenvalue weighted by atomic mass is 16.5. The number of ether oxygens (including phenoxy) is 2. The Balaban J connectivity index is 1.51. The first kappa shape index (κ1) is 22.3. The third-order valence-electron chi connectivity index (χ3n) is 5.30. The van der Waals surface area contributed by atoms with Crippen LogP contribution in [-0.2, 0) is 27.2 Å². The number of esters is 1. The van der Waals surface area contributed by atoms with Crippen LogP contribution < -0.4 is 10.1 Å². The smallest absolute Gasteiger partial charge is 0.329 e. The summed E-state index contributed by atoms with van der Waals surface area (Å²) < 4.78 is 10.4. The molecule has 0 aliphatic heterocycles. The standard InChI is InChI=1S/C25H27NO5/c1-16(26-23(27)14-9-18-7-12-22(30-3)13-8-18)25(29)31-17(2)24(28)21-11-10-19-5-4-6-20(19)15-21/h7-17H,4-6H2,1-3H3,(H,26,27)/t16-,17?/m0/s1. The molecule has 3 rings (SSSR count). The van der Waals surface area contributed by atoms with Gasteiger partial charge in [0.25, 0.3) is 0 Å². The lowest BCUT2D eigenvalue weighted by Gasteiger charge is -2.17. The Morgan fingerprint density at radius 2 is 1.71 bits per heavy atom. The molecular weight excluding hydrogens is 394 g/mol. The molecule has 0 spiro atoms. The molecule has 31 heavy (non-hydrogen) atoms. The number of Topliss-reactive ketones (excluding diaryl/α,β-unsaturated/α-hetero) is 1. The highest BCUT2D eigenvalue weighted by Crippen LogP contribution is 2.23.